The first kappa shape index (κ1) is 18.4. The summed E-state index contributed by atoms with van der Waals surface area (Å²) in [5.41, 5.74) is 7.54. The van der Waals surface area contributed by atoms with E-state index in [1.807, 2.05) is 0 Å². The van der Waals surface area contributed by atoms with Gasteiger partial charge in [-0.3, -0.25) is 9.59 Å². The fraction of sp³-hybridized carbons (Fsp3) is 0.0455. The first-order chi connectivity index (χ1) is 13.8. The second kappa shape index (κ2) is 6.56. The van der Waals surface area contributed by atoms with Gasteiger partial charge in [-0.15, -0.1) is 0 Å². The zero-order chi connectivity index (χ0) is 20.9. The standard InChI is InChI=1S/C22H15FN2O4/c1-10-8-16(25-15-7-6-11(23)9-14(15)22(28)29)17-18(19(10)24)21(27)13-5-3-2-4-12(13)20(17)26/h2-9,25H,24H2,1H3,(H,28,29). The Hall–Kier alpha value is -4.00. The maximum atomic E-state index is 13.5. The van der Waals surface area contributed by atoms with Crippen molar-refractivity contribution in [1.29, 1.82) is 0 Å². The molecule has 7 heteroatoms. The summed E-state index contributed by atoms with van der Waals surface area (Å²) in [6.45, 7) is 1.68. The van der Waals surface area contributed by atoms with Gasteiger partial charge in [0, 0.05) is 16.8 Å². The van der Waals surface area contributed by atoms with Crippen molar-refractivity contribution in [1.82, 2.24) is 0 Å². The number of benzene rings is 3. The monoisotopic (exact) mass is 390 g/mol. The predicted molar refractivity (Wildman–Crippen MR) is 106 cm³/mol. The first-order valence-electron chi connectivity index (χ1n) is 8.71. The van der Waals surface area contributed by atoms with Gasteiger partial charge in [-0.1, -0.05) is 24.3 Å². The molecule has 29 heavy (non-hydrogen) atoms. The second-order valence-electron chi connectivity index (χ2n) is 6.73. The highest BCUT2D eigenvalue weighted by molar-refractivity contribution is 6.32. The molecule has 0 fully saturated rings. The van der Waals surface area contributed by atoms with Crippen molar-refractivity contribution in [2.45, 2.75) is 6.92 Å². The van der Waals surface area contributed by atoms with Crippen LogP contribution in [0.4, 0.5) is 21.5 Å². The molecule has 0 unspecified atom stereocenters. The van der Waals surface area contributed by atoms with Crippen molar-refractivity contribution in [3.63, 3.8) is 0 Å². The van der Waals surface area contributed by atoms with Crippen LogP contribution in [0.1, 0.15) is 47.8 Å². The van der Waals surface area contributed by atoms with Crippen LogP contribution in [0.3, 0.4) is 0 Å². The highest BCUT2D eigenvalue weighted by atomic mass is 19.1. The Balaban J connectivity index is 1.94. The number of hydrogen-bond donors (Lipinski definition) is 3. The predicted octanol–water partition coefficient (Wildman–Crippen LogP) is 3.93. The third-order valence-corrected chi connectivity index (χ3v) is 4.93. The van der Waals surface area contributed by atoms with Gasteiger partial charge in [-0.2, -0.15) is 0 Å². The van der Waals surface area contributed by atoms with Gasteiger partial charge in [0.1, 0.15) is 5.82 Å². The number of nitrogen functional groups attached to an aromatic ring is 1. The molecule has 0 spiro atoms. The van der Waals surface area contributed by atoms with Gasteiger partial charge in [0.2, 0.25) is 0 Å². The molecule has 0 amide bonds. The number of fused-ring (bicyclic) bond motifs is 2. The van der Waals surface area contributed by atoms with Crippen LogP contribution in [-0.2, 0) is 0 Å². The van der Waals surface area contributed by atoms with E-state index in [-0.39, 0.29) is 50.7 Å². The lowest BCUT2D eigenvalue weighted by Crippen LogP contribution is -2.24. The number of nitrogens with two attached hydrogens (primary N) is 1. The average Bonchev–Trinajstić information content (AvgIpc) is 2.69. The lowest BCUT2D eigenvalue weighted by Gasteiger charge is -2.24. The van der Waals surface area contributed by atoms with Crippen LogP contribution >= 0.6 is 0 Å². The molecule has 0 radical (unpaired) electrons. The Morgan fingerprint density at radius 1 is 0.966 bits per heavy atom. The number of carbonyl (C=O) groups is 3. The molecule has 0 saturated heterocycles. The minimum Gasteiger partial charge on any atom is -0.478 e. The van der Waals surface area contributed by atoms with Crippen LogP contribution in [0.5, 0.6) is 0 Å². The molecule has 0 atom stereocenters. The summed E-state index contributed by atoms with van der Waals surface area (Å²) in [5, 5.41) is 12.3. The zero-order valence-electron chi connectivity index (χ0n) is 15.2. The largest absolute Gasteiger partial charge is 0.478 e. The van der Waals surface area contributed by atoms with Crippen molar-refractivity contribution in [3.05, 3.63) is 87.7 Å². The molecule has 3 aromatic rings. The summed E-state index contributed by atoms with van der Waals surface area (Å²) in [6.07, 6.45) is 0. The average molecular weight is 390 g/mol. The maximum absolute atomic E-state index is 13.5. The van der Waals surface area contributed by atoms with Gasteiger partial charge in [0.05, 0.1) is 28.1 Å². The number of carboxylic acids is 1. The minimum atomic E-state index is -1.33. The highest BCUT2D eigenvalue weighted by Gasteiger charge is 2.34. The highest BCUT2D eigenvalue weighted by Crippen LogP contribution is 2.38. The molecular weight excluding hydrogens is 375 g/mol. The topological polar surface area (TPSA) is 109 Å². The molecule has 0 saturated carbocycles. The van der Waals surface area contributed by atoms with Crippen LogP contribution in [0, 0.1) is 12.7 Å². The number of ketones is 2. The molecular formula is C22H15FN2O4. The molecule has 0 aliphatic heterocycles. The van der Waals surface area contributed by atoms with Gasteiger partial charge in [0.25, 0.3) is 0 Å². The SMILES string of the molecule is Cc1cc(Nc2ccc(F)cc2C(=O)O)c2c(c1N)C(=O)c1ccccc1C2=O. The fourth-order valence-corrected chi connectivity index (χ4v) is 3.50. The van der Waals surface area contributed by atoms with Crippen LogP contribution in [0.25, 0.3) is 0 Å². The molecule has 144 valence electrons. The van der Waals surface area contributed by atoms with Crippen molar-refractivity contribution in [3.8, 4) is 0 Å². The Morgan fingerprint density at radius 2 is 1.59 bits per heavy atom. The lowest BCUT2D eigenvalue weighted by atomic mass is 9.81. The van der Waals surface area contributed by atoms with E-state index in [0.717, 1.165) is 12.1 Å². The van der Waals surface area contributed by atoms with E-state index in [4.69, 9.17) is 5.73 Å². The van der Waals surface area contributed by atoms with Crippen LogP contribution in [0.15, 0.2) is 48.5 Å². The van der Waals surface area contributed by atoms with E-state index in [0.29, 0.717) is 5.56 Å². The summed E-state index contributed by atoms with van der Waals surface area (Å²) >= 11 is 0. The van der Waals surface area contributed by atoms with E-state index in [1.54, 1.807) is 37.3 Å². The molecule has 0 heterocycles. The van der Waals surface area contributed by atoms with Crippen molar-refractivity contribution in [2.75, 3.05) is 11.1 Å². The number of rotatable bonds is 3. The molecule has 4 rings (SSSR count). The normalized spacial score (nSPS) is 12.3. The molecule has 3 aromatic carbocycles. The van der Waals surface area contributed by atoms with E-state index in [1.165, 1.54) is 6.07 Å². The van der Waals surface area contributed by atoms with Gasteiger partial charge in [0.15, 0.2) is 11.6 Å². The van der Waals surface area contributed by atoms with Gasteiger partial charge >= 0.3 is 5.97 Å². The quantitative estimate of drug-likeness (QED) is 0.457. The number of nitrogens with one attached hydrogen (secondary N) is 1. The number of halogens is 1. The van der Waals surface area contributed by atoms with E-state index in [2.05, 4.69) is 5.32 Å². The summed E-state index contributed by atoms with van der Waals surface area (Å²) in [5.74, 6) is -2.81. The smallest absolute Gasteiger partial charge is 0.337 e. The number of hydrogen-bond acceptors (Lipinski definition) is 5. The molecule has 0 bridgehead atoms. The van der Waals surface area contributed by atoms with Crippen LogP contribution in [0.2, 0.25) is 0 Å². The molecule has 6 nitrogen and oxygen atoms in total. The lowest BCUT2D eigenvalue weighted by molar-refractivity contribution is 0.0697. The minimum absolute atomic E-state index is 0.0671. The molecule has 4 N–H and O–H groups in total. The second-order valence-corrected chi connectivity index (χ2v) is 6.73. The fourth-order valence-electron chi connectivity index (χ4n) is 3.50. The third-order valence-electron chi connectivity index (χ3n) is 4.93. The molecule has 1 aliphatic carbocycles. The number of aromatic carboxylic acids is 1. The van der Waals surface area contributed by atoms with E-state index < -0.39 is 17.6 Å². The van der Waals surface area contributed by atoms with Crippen LogP contribution in [-0.4, -0.2) is 22.6 Å². The van der Waals surface area contributed by atoms with Gasteiger partial charge < -0.3 is 16.2 Å². The summed E-state index contributed by atoms with van der Waals surface area (Å²) < 4.78 is 13.5. The number of anilines is 3. The summed E-state index contributed by atoms with van der Waals surface area (Å²) in [6, 6.07) is 11.3. The molecule has 0 aromatic heterocycles. The first-order valence-corrected chi connectivity index (χ1v) is 8.71. The summed E-state index contributed by atoms with van der Waals surface area (Å²) in [4.78, 5) is 37.7. The van der Waals surface area contributed by atoms with Crippen molar-refractivity contribution >= 4 is 34.6 Å². The number of carbonyl (C=O) groups excluding carboxylic acids is 2. The third kappa shape index (κ3) is 2.84. The molecule has 1 aliphatic rings. The van der Waals surface area contributed by atoms with Gasteiger partial charge in [-0.05, 0) is 36.8 Å². The van der Waals surface area contributed by atoms with E-state index >= 15 is 0 Å². The van der Waals surface area contributed by atoms with Gasteiger partial charge in [-0.25, -0.2) is 9.18 Å². The Labute approximate surface area is 164 Å². The number of aryl methyl sites for hydroxylation is 1. The Bertz CT molecular complexity index is 1230. The van der Waals surface area contributed by atoms with E-state index in [9.17, 15) is 23.9 Å². The van der Waals surface area contributed by atoms with Crippen molar-refractivity contribution in [2.24, 2.45) is 0 Å². The maximum Gasteiger partial charge on any atom is 0.337 e. The Morgan fingerprint density at radius 3 is 2.21 bits per heavy atom. The zero-order valence-corrected chi connectivity index (χ0v) is 15.2. The van der Waals surface area contributed by atoms with Crippen LogP contribution < -0.4 is 11.1 Å². The summed E-state index contributed by atoms with van der Waals surface area (Å²) in [7, 11) is 0. The van der Waals surface area contributed by atoms with Crippen molar-refractivity contribution < 1.29 is 23.9 Å². The Kier molecular flexibility index (Phi) is 4.15. The number of carboxylic acid groups (broad SMARTS) is 1.